The first-order valence-corrected chi connectivity index (χ1v) is 5.02. The van der Waals surface area contributed by atoms with Gasteiger partial charge >= 0.3 is 0 Å². The van der Waals surface area contributed by atoms with Crippen LogP contribution >= 0.6 is 12.2 Å². The standard InChI is InChI=1S/C10H9F2NO2S/c11-7-1-5(10(13)16)2-8(12)9(7)15-6-3-14-4-6/h1-2,6H,3-4H2,(H2,13,16). The average Bonchev–Trinajstić information content (AvgIpc) is 2.13. The van der Waals surface area contributed by atoms with Crippen molar-refractivity contribution in [2.75, 3.05) is 13.2 Å². The summed E-state index contributed by atoms with van der Waals surface area (Å²) in [5.41, 5.74) is 5.42. The summed E-state index contributed by atoms with van der Waals surface area (Å²) in [4.78, 5) is -0.0590. The molecule has 1 aromatic carbocycles. The average molecular weight is 245 g/mol. The van der Waals surface area contributed by atoms with E-state index in [1.165, 1.54) is 0 Å². The number of hydrogen-bond donors (Lipinski definition) is 1. The quantitative estimate of drug-likeness (QED) is 0.817. The molecular weight excluding hydrogens is 236 g/mol. The van der Waals surface area contributed by atoms with Crippen LogP contribution in [0.3, 0.4) is 0 Å². The minimum Gasteiger partial charge on any atom is -0.479 e. The van der Waals surface area contributed by atoms with Gasteiger partial charge in [-0.3, -0.25) is 0 Å². The predicted octanol–water partition coefficient (Wildman–Crippen LogP) is 1.38. The molecule has 0 amide bonds. The maximum Gasteiger partial charge on any atom is 0.191 e. The lowest BCUT2D eigenvalue weighted by Gasteiger charge is -2.27. The molecule has 0 radical (unpaired) electrons. The van der Waals surface area contributed by atoms with Gasteiger partial charge in [0.2, 0.25) is 0 Å². The summed E-state index contributed by atoms with van der Waals surface area (Å²) in [6.07, 6.45) is -0.292. The Morgan fingerprint density at radius 3 is 2.31 bits per heavy atom. The fraction of sp³-hybridized carbons (Fsp3) is 0.300. The molecule has 0 bridgehead atoms. The van der Waals surface area contributed by atoms with Crippen LogP contribution in [-0.2, 0) is 4.74 Å². The first kappa shape index (κ1) is 11.2. The Bertz CT molecular complexity index is 412. The SMILES string of the molecule is NC(=S)c1cc(F)c(OC2COC2)c(F)c1. The maximum atomic E-state index is 13.5. The van der Waals surface area contributed by atoms with E-state index in [1.54, 1.807) is 0 Å². The molecule has 3 nitrogen and oxygen atoms in total. The third-order valence-corrected chi connectivity index (χ3v) is 2.41. The number of ether oxygens (including phenoxy) is 2. The molecule has 2 rings (SSSR count). The largest absolute Gasteiger partial charge is 0.479 e. The van der Waals surface area contributed by atoms with Gasteiger partial charge in [-0.15, -0.1) is 0 Å². The first-order valence-electron chi connectivity index (χ1n) is 4.61. The summed E-state index contributed by atoms with van der Waals surface area (Å²) in [6.45, 7) is 0.686. The lowest BCUT2D eigenvalue weighted by molar-refractivity contribution is -0.0821. The van der Waals surface area contributed by atoms with Gasteiger partial charge in [0.15, 0.2) is 17.4 Å². The second-order valence-corrected chi connectivity index (χ2v) is 3.85. The topological polar surface area (TPSA) is 44.5 Å². The maximum absolute atomic E-state index is 13.5. The number of rotatable bonds is 3. The van der Waals surface area contributed by atoms with E-state index in [0.29, 0.717) is 13.2 Å². The van der Waals surface area contributed by atoms with Crippen molar-refractivity contribution >= 4 is 17.2 Å². The predicted molar refractivity (Wildman–Crippen MR) is 57.5 cm³/mol. The van der Waals surface area contributed by atoms with Crippen LogP contribution in [-0.4, -0.2) is 24.3 Å². The van der Waals surface area contributed by atoms with E-state index >= 15 is 0 Å². The molecule has 0 saturated carbocycles. The van der Waals surface area contributed by atoms with E-state index < -0.39 is 17.4 Å². The molecule has 16 heavy (non-hydrogen) atoms. The Labute approximate surface area is 96.1 Å². The molecule has 1 aliphatic rings. The lowest BCUT2D eigenvalue weighted by Crippen LogP contribution is -2.39. The number of benzene rings is 1. The van der Waals surface area contributed by atoms with Gasteiger partial charge < -0.3 is 15.2 Å². The van der Waals surface area contributed by atoms with E-state index in [2.05, 4.69) is 12.2 Å². The molecule has 1 fully saturated rings. The van der Waals surface area contributed by atoms with Crippen LogP contribution < -0.4 is 10.5 Å². The molecule has 6 heteroatoms. The molecular formula is C10H9F2NO2S. The zero-order valence-electron chi connectivity index (χ0n) is 8.20. The van der Waals surface area contributed by atoms with Crippen molar-refractivity contribution < 1.29 is 18.3 Å². The third-order valence-electron chi connectivity index (χ3n) is 2.17. The monoisotopic (exact) mass is 245 g/mol. The Kier molecular flexibility index (Phi) is 3.02. The van der Waals surface area contributed by atoms with Gasteiger partial charge in [0.1, 0.15) is 11.1 Å². The summed E-state index contributed by atoms with van der Waals surface area (Å²) < 4.78 is 36.9. The van der Waals surface area contributed by atoms with Crippen LogP contribution in [0.15, 0.2) is 12.1 Å². The minimum absolute atomic E-state index is 0.0590. The normalized spacial score (nSPS) is 15.6. The van der Waals surface area contributed by atoms with Crippen LogP contribution in [0.2, 0.25) is 0 Å². The van der Waals surface area contributed by atoms with Gasteiger partial charge in [-0.25, -0.2) is 8.78 Å². The second-order valence-electron chi connectivity index (χ2n) is 3.41. The molecule has 1 saturated heterocycles. The molecule has 1 aromatic rings. The molecule has 0 unspecified atom stereocenters. The Morgan fingerprint density at radius 1 is 1.38 bits per heavy atom. The fourth-order valence-electron chi connectivity index (χ4n) is 1.26. The van der Waals surface area contributed by atoms with Crippen molar-refractivity contribution in [2.24, 2.45) is 5.73 Å². The van der Waals surface area contributed by atoms with Crippen LogP contribution in [0.4, 0.5) is 8.78 Å². The number of hydrogen-bond acceptors (Lipinski definition) is 3. The highest BCUT2D eigenvalue weighted by Crippen LogP contribution is 2.25. The summed E-state index contributed by atoms with van der Waals surface area (Å²) >= 11 is 4.63. The Hall–Kier alpha value is -1.27. The molecule has 0 spiro atoms. The zero-order chi connectivity index (χ0) is 11.7. The van der Waals surface area contributed by atoms with E-state index in [9.17, 15) is 8.78 Å². The van der Waals surface area contributed by atoms with Crippen molar-refractivity contribution in [1.29, 1.82) is 0 Å². The smallest absolute Gasteiger partial charge is 0.191 e. The minimum atomic E-state index is -0.810. The van der Waals surface area contributed by atoms with E-state index in [1.807, 2.05) is 0 Å². The van der Waals surface area contributed by atoms with Gasteiger partial charge in [0.05, 0.1) is 13.2 Å². The first-order chi connectivity index (χ1) is 7.58. The summed E-state index contributed by atoms with van der Waals surface area (Å²) in [5.74, 6) is -2.03. The van der Waals surface area contributed by atoms with Crippen LogP contribution in [0.25, 0.3) is 0 Å². The molecule has 1 aliphatic heterocycles. The van der Waals surface area contributed by atoms with Gasteiger partial charge in [0, 0.05) is 5.56 Å². The van der Waals surface area contributed by atoms with E-state index in [4.69, 9.17) is 15.2 Å². The Morgan fingerprint density at radius 2 is 1.94 bits per heavy atom. The number of halogens is 2. The molecule has 0 atom stereocenters. The van der Waals surface area contributed by atoms with Crippen molar-refractivity contribution in [3.8, 4) is 5.75 Å². The fourth-order valence-corrected chi connectivity index (χ4v) is 1.38. The summed E-state index contributed by atoms with van der Waals surface area (Å²) in [5, 5.41) is 0. The second kappa shape index (κ2) is 4.31. The highest BCUT2D eigenvalue weighted by atomic mass is 32.1. The summed E-state index contributed by atoms with van der Waals surface area (Å²) in [6, 6.07) is 2.11. The third kappa shape index (κ3) is 2.12. The van der Waals surface area contributed by atoms with Crippen molar-refractivity contribution in [1.82, 2.24) is 0 Å². The van der Waals surface area contributed by atoms with E-state index in [0.717, 1.165) is 12.1 Å². The van der Waals surface area contributed by atoms with Crippen molar-refractivity contribution in [3.05, 3.63) is 29.3 Å². The summed E-state index contributed by atoms with van der Waals surface area (Å²) in [7, 11) is 0. The van der Waals surface area contributed by atoms with Gasteiger partial charge in [-0.1, -0.05) is 12.2 Å². The zero-order valence-corrected chi connectivity index (χ0v) is 9.02. The molecule has 86 valence electrons. The van der Waals surface area contributed by atoms with Gasteiger partial charge in [-0.05, 0) is 12.1 Å². The van der Waals surface area contributed by atoms with E-state index in [-0.39, 0.29) is 16.7 Å². The molecule has 1 heterocycles. The van der Waals surface area contributed by atoms with Gasteiger partial charge in [-0.2, -0.15) is 0 Å². The van der Waals surface area contributed by atoms with Crippen molar-refractivity contribution in [3.63, 3.8) is 0 Å². The highest BCUT2D eigenvalue weighted by molar-refractivity contribution is 7.80. The van der Waals surface area contributed by atoms with Crippen molar-refractivity contribution in [2.45, 2.75) is 6.10 Å². The number of nitrogens with two attached hydrogens (primary N) is 1. The highest BCUT2D eigenvalue weighted by Gasteiger charge is 2.24. The van der Waals surface area contributed by atoms with Gasteiger partial charge in [0.25, 0.3) is 0 Å². The molecule has 0 aromatic heterocycles. The molecule has 0 aliphatic carbocycles. The van der Waals surface area contributed by atoms with Crippen LogP contribution in [0.1, 0.15) is 5.56 Å². The number of thiocarbonyl (C=S) groups is 1. The lowest BCUT2D eigenvalue weighted by atomic mass is 10.2. The van der Waals surface area contributed by atoms with Crippen LogP contribution in [0, 0.1) is 11.6 Å². The molecule has 2 N–H and O–H groups in total. The Balaban J connectivity index is 2.27. The van der Waals surface area contributed by atoms with Crippen LogP contribution in [0.5, 0.6) is 5.75 Å².